The number of fused-ring (bicyclic) bond motifs is 1. The Morgan fingerprint density at radius 3 is 2.86 bits per heavy atom. The summed E-state index contributed by atoms with van der Waals surface area (Å²) in [6, 6.07) is 5.50. The number of hydrogen-bond donors (Lipinski definition) is 1. The van der Waals surface area contributed by atoms with E-state index in [1.165, 1.54) is 0 Å². The minimum atomic E-state index is -0.237. The summed E-state index contributed by atoms with van der Waals surface area (Å²) in [5.74, 6) is 1.55. The van der Waals surface area contributed by atoms with Crippen LogP contribution in [0.4, 0.5) is 5.69 Å². The van der Waals surface area contributed by atoms with E-state index in [-0.39, 0.29) is 11.9 Å². The molecular weight excluding hydrogens is 278 g/mol. The summed E-state index contributed by atoms with van der Waals surface area (Å²) in [7, 11) is 0. The van der Waals surface area contributed by atoms with Gasteiger partial charge in [0.1, 0.15) is 11.6 Å². The van der Waals surface area contributed by atoms with Gasteiger partial charge in [0, 0.05) is 25.7 Å². The molecule has 1 saturated heterocycles. The Morgan fingerprint density at radius 2 is 2.14 bits per heavy atom. The fourth-order valence-electron chi connectivity index (χ4n) is 2.95. The number of aryl methyl sites for hydroxylation is 1. The molecule has 0 saturated carbocycles. The number of hydrogen-bond acceptors (Lipinski definition) is 4. The van der Waals surface area contributed by atoms with Gasteiger partial charge in [-0.1, -0.05) is 6.92 Å². The van der Waals surface area contributed by atoms with Crippen molar-refractivity contribution in [3.05, 3.63) is 24.1 Å². The summed E-state index contributed by atoms with van der Waals surface area (Å²) >= 11 is 0. The summed E-state index contributed by atoms with van der Waals surface area (Å²) in [4.78, 5) is 18.8. The van der Waals surface area contributed by atoms with Crippen molar-refractivity contribution >= 4 is 22.7 Å². The molecule has 0 bridgehead atoms. The maximum atomic E-state index is 12.5. The lowest BCUT2D eigenvalue weighted by atomic mass is 9.99. The maximum Gasteiger partial charge on any atom is 0.244 e. The standard InChI is InChI=1S/C17H23N3O2/c1-11-6-8-20(9-7-11)17(21)12(2)18-14-4-5-16-15(10-14)19-13(3)22-16/h4-5,10-12,18H,6-9H2,1-3H3. The summed E-state index contributed by atoms with van der Waals surface area (Å²) in [6.45, 7) is 7.73. The lowest BCUT2D eigenvalue weighted by Crippen LogP contribution is -2.45. The molecule has 1 N–H and O–H groups in total. The molecule has 2 aromatic rings. The molecule has 1 aliphatic rings. The van der Waals surface area contributed by atoms with E-state index in [2.05, 4.69) is 17.2 Å². The molecule has 5 nitrogen and oxygen atoms in total. The summed E-state index contributed by atoms with van der Waals surface area (Å²) in [5, 5.41) is 3.28. The highest BCUT2D eigenvalue weighted by atomic mass is 16.3. The largest absolute Gasteiger partial charge is 0.441 e. The van der Waals surface area contributed by atoms with E-state index < -0.39 is 0 Å². The second-order valence-electron chi connectivity index (χ2n) is 6.29. The second kappa shape index (κ2) is 5.99. The number of amides is 1. The first kappa shape index (κ1) is 14.9. The molecular formula is C17H23N3O2. The van der Waals surface area contributed by atoms with E-state index in [9.17, 15) is 4.79 Å². The van der Waals surface area contributed by atoms with Gasteiger partial charge < -0.3 is 14.6 Å². The Morgan fingerprint density at radius 1 is 1.41 bits per heavy atom. The van der Waals surface area contributed by atoms with E-state index in [4.69, 9.17) is 4.42 Å². The highest BCUT2D eigenvalue weighted by Crippen LogP contribution is 2.21. The van der Waals surface area contributed by atoms with Gasteiger partial charge in [-0.2, -0.15) is 0 Å². The van der Waals surface area contributed by atoms with Crippen molar-refractivity contribution in [1.29, 1.82) is 0 Å². The van der Waals surface area contributed by atoms with Crippen molar-refractivity contribution in [1.82, 2.24) is 9.88 Å². The van der Waals surface area contributed by atoms with Crippen LogP contribution in [0.5, 0.6) is 0 Å². The Labute approximate surface area is 130 Å². The van der Waals surface area contributed by atoms with Crippen molar-refractivity contribution in [2.75, 3.05) is 18.4 Å². The number of carbonyl (C=O) groups excluding carboxylic acids is 1. The predicted octanol–water partition coefficient (Wildman–Crippen LogP) is 3.20. The maximum absolute atomic E-state index is 12.5. The number of anilines is 1. The monoisotopic (exact) mass is 301 g/mol. The molecule has 1 amide bonds. The molecule has 2 heterocycles. The molecule has 1 atom stereocenters. The SMILES string of the molecule is Cc1nc2cc(NC(C)C(=O)N3CCC(C)CC3)ccc2o1. The molecule has 1 aromatic carbocycles. The Balaban J connectivity index is 1.66. The lowest BCUT2D eigenvalue weighted by Gasteiger charge is -2.32. The molecule has 118 valence electrons. The third-order valence-corrected chi connectivity index (χ3v) is 4.34. The minimum absolute atomic E-state index is 0.170. The van der Waals surface area contributed by atoms with E-state index in [1.807, 2.05) is 36.9 Å². The van der Waals surface area contributed by atoms with Gasteiger partial charge in [-0.05, 0) is 43.9 Å². The Kier molecular flexibility index (Phi) is 4.05. The first-order valence-corrected chi connectivity index (χ1v) is 7.95. The summed E-state index contributed by atoms with van der Waals surface area (Å²) in [5.41, 5.74) is 2.48. The van der Waals surface area contributed by atoms with Gasteiger partial charge in [-0.15, -0.1) is 0 Å². The fourth-order valence-corrected chi connectivity index (χ4v) is 2.95. The van der Waals surface area contributed by atoms with Crippen LogP contribution in [0.25, 0.3) is 11.1 Å². The number of likely N-dealkylation sites (tertiary alicyclic amines) is 1. The number of benzene rings is 1. The molecule has 1 fully saturated rings. The molecule has 0 aliphatic carbocycles. The van der Waals surface area contributed by atoms with Gasteiger partial charge >= 0.3 is 0 Å². The summed E-state index contributed by atoms with van der Waals surface area (Å²) in [6.07, 6.45) is 2.20. The first-order chi connectivity index (χ1) is 10.5. The zero-order chi connectivity index (χ0) is 15.7. The van der Waals surface area contributed by atoms with Crippen molar-refractivity contribution in [3.8, 4) is 0 Å². The van der Waals surface area contributed by atoms with Crippen LogP contribution in [0.15, 0.2) is 22.6 Å². The van der Waals surface area contributed by atoms with E-state index in [0.29, 0.717) is 5.89 Å². The Bertz CT molecular complexity index is 672. The average Bonchev–Trinajstić information content (AvgIpc) is 2.86. The molecule has 0 spiro atoms. The number of carbonyl (C=O) groups is 1. The third-order valence-electron chi connectivity index (χ3n) is 4.34. The smallest absolute Gasteiger partial charge is 0.244 e. The molecule has 3 rings (SSSR count). The van der Waals surface area contributed by atoms with E-state index in [1.54, 1.807) is 0 Å². The van der Waals surface area contributed by atoms with Crippen LogP contribution in [-0.4, -0.2) is 34.9 Å². The van der Waals surface area contributed by atoms with Gasteiger partial charge in [0.2, 0.25) is 5.91 Å². The number of oxazole rings is 1. The van der Waals surface area contributed by atoms with Gasteiger partial charge in [0.15, 0.2) is 11.5 Å². The molecule has 0 radical (unpaired) electrons. The molecule has 1 unspecified atom stereocenters. The van der Waals surface area contributed by atoms with Crippen LogP contribution in [0.2, 0.25) is 0 Å². The van der Waals surface area contributed by atoms with E-state index in [0.717, 1.165) is 48.6 Å². The van der Waals surface area contributed by atoms with Gasteiger partial charge in [0.25, 0.3) is 0 Å². The predicted molar refractivity (Wildman–Crippen MR) is 86.8 cm³/mol. The van der Waals surface area contributed by atoms with Crippen LogP contribution in [0.3, 0.4) is 0 Å². The van der Waals surface area contributed by atoms with Crippen LogP contribution in [0, 0.1) is 12.8 Å². The van der Waals surface area contributed by atoms with Gasteiger partial charge in [-0.3, -0.25) is 4.79 Å². The fraction of sp³-hybridized carbons (Fsp3) is 0.529. The van der Waals surface area contributed by atoms with Crippen LogP contribution in [-0.2, 0) is 4.79 Å². The van der Waals surface area contributed by atoms with Crippen LogP contribution in [0.1, 0.15) is 32.6 Å². The minimum Gasteiger partial charge on any atom is -0.441 e. The molecule has 1 aliphatic heterocycles. The first-order valence-electron chi connectivity index (χ1n) is 7.95. The van der Waals surface area contributed by atoms with Crippen molar-refractivity contribution in [2.45, 2.75) is 39.7 Å². The molecule has 5 heteroatoms. The molecule has 1 aromatic heterocycles. The third kappa shape index (κ3) is 3.08. The highest BCUT2D eigenvalue weighted by Gasteiger charge is 2.24. The Hall–Kier alpha value is -2.04. The van der Waals surface area contributed by atoms with E-state index >= 15 is 0 Å². The zero-order valence-corrected chi connectivity index (χ0v) is 13.4. The number of rotatable bonds is 3. The highest BCUT2D eigenvalue weighted by molar-refractivity contribution is 5.85. The molecule has 22 heavy (non-hydrogen) atoms. The normalized spacial score (nSPS) is 17.7. The van der Waals surface area contributed by atoms with Gasteiger partial charge in [-0.25, -0.2) is 4.98 Å². The number of aromatic nitrogens is 1. The number of piperidine rings is 1. The zero-order valence-electron chi connectivity index (χ0n) is 13.4. The lowest BCUT2D eigenvalue weighted by molar-refractivity contribution is -0.132. The number of nitrogens with zero attached hydrogens (tertiary/aromatic N) is 2. The number of nitrogens with one attached hydrogen (secondary N) is 1. The van der Waals surface area contributed by atoms with Crippen LogP contribution >= 0.6 is 0 Å². The average molecular weight is 301 g/mol. The van der Waals surface area contributed by atoms with Crippen molar-refractivity contribution in [2.24, 2.45) is 5.92 Å². The van der Waals surface area contributed by atoms with Crippen molar-refractivity contribution < 1.29 is 9.21 Å². The van der Waals surface area contributed by atoms with Gasteiger partial charge in [0.05, 0.1) is 0 Å². The topological polar surface area (TPSA) is 58.4 Å². The second-order valence-corrected chi connectivity index (χ2v) is 6.29. The van der Waals surface area contributed by atoms with Crippen LogP contribution < -0.4 is 5.32 Å². The quantitative estimate of drug-likeness (QED) is 0.946. The van der Waals surface area contributed by atoms with Crippen molar-refractivity contribution in [3.63, 3.8) is 0 Å². The summed E-state index contributed by atoms with van der Waals surface area (Å²) < 4.78 is 5.47.